The lowest BCUT2D eigenvalue weighted by molar-refractivity contribution is -0.192. The zero-order valence-corrected chi connectivity index (χ0v) is 21.8. The van der Waals surface area contributed by atoms with E-state index < -0.39 is 35.8 Å². The lowest BCUT2D eigenvalue weighted by Gasteiger charge is -2.62. The number of hydrogen-bond donors (Lipinski definition) is 4. The highest BCUT2D eigenvalue weighted by atomic mass is 19.4. The Kier molecular flexibility index (Phi) is 7.11. The highest BCUT2D eigenvalue weighted by Crippen LogP contribution is 2.61. The van der Waals surface area contributed by atoms with Crippen molar-refractivity contribution in [3.8, 4) is 0 Å². The van der Waals surface area contributed by atoms with Crippen LogP contribution < -0.4 is 21.5 Å². The van der Waals surface area contributed by atoms with Gasteiger partial charge in [0.15, 0.2) is 0 Å². The molecule has 14 heteroatoms. The molecular formula is C27H28F6N4O4. The molecule has 4 saturated carbocycles. The topological polar surface area (TPSA) is 112 Å². The fourth-order valence-corrected chi connectivity index (χ4v) is 6.09. The number of fused-ring (bicyclic) bond motifs is 1. The molecule has 4 aliphatic carbocycles. The average Bonchev–Trinajstić information content (AvgIpc) is 3.23. The number of aromatic nitrogens is 1. The first-order valence-corrected chi connectivity index (χ1v) is 13.1. The molecular weight excluding hydrogens is 558 g/mol. The van der Waals surface area contributed by atoms with Gasteiger partial charge in [-0.1, -0.05) is 12.1 Å². The molecule has 222 valence electrons. The van der Waals surface area contributed by atoms with Crippen LogP contribution in [0.3, 0.4) is 0 Å². The predicted molar refractivity (Wildman–Crippen MR) is 134 cm³/mol. The number of anilines is 1. The third kappa shape index (κ3) is 5.66. The molecule has 5 fully saturated rings. The van der Waals surface area contributed by atoms with E-state index in [1.54, 1.807) is 23.8 Å². The first-order chi connectivity index (χ1) is 19.1. The number of hydrogen-bond acceptors (Lipinski definition) is 5. The van der Waals surface area contributed by atoms with Gasteiger partial charge in [0, 0.05) is 36.9 Å². The number of carboxylic acids is 1. The van der Waals surface area contributed by atoms with Gasteiger partial charge in [-0.25, -0.2) is 4.79 Å². The summed E-state index contributed by atoms with van der Waals surface area (Å²) in [6.07, 6.45) is -5.00. The number of nitrogens with zero attached hydrogens (tertiary/aromatic N) is 1. The van der Waals surface area contributed by atoms with Crippen LogP contribution in [0.2, 0.25) is 0 Å². The first kappa shape index (κ1) is 29.0. The standard InChI is InChI=1S/C25H27F3N4O2.C2HF3O2/c1-13(15-3-2-4-16(5-15)25(26,27)28)30-23(34)19-12-32(24-7-14(8-24)9-24)21(33)6-20(19)31-22-17-10-29-11-18(17)22;3-2(4,5)1(6)7/h2-6,12-14,17-18,22,29,31H,7-11H2,1H3,(H,30,34);(H,6,7)/t13-,14?,17-,18+,22-,24?;/m1./s1. The summed E-state index contributed by atoms with van der Waals surface area (Å²) < 4.78 is 72.9. The van der Waals surface area contributed by atoms with Crippen molar-refractivity contribution in [3.63, 3.8) is 0 Å². The van der Waals surface area contributed by atoms with E-state index in [0.29, 0.717) is 34.6 Å². The molecule has 2 heterocycles. The van der Waals surface area contributed by atoms with Gasteiger partial charge >= 0.3 is 18.3 Å². The molecule has 7 rings (SSSR count). The van der Waals surface area contributed by atoms with Gasteiger partial charge < -0.3 is 25.6 Å². The molecule has 4 atom stereocenters. The summed E-state index contributed by atoms with van der Waals surface area (Å²) in [6, 6.07) is 6.09. The molecule has 2 bridgehead atoms. The molecule has 4 N–H and O–H groups in total. The third-order valence-electron chi connectivity index (χ3n) is 8.53. The number of alkyl halides is 6. The van der Waals surface area contributed by atoms with Crippen LogP contribution in [0.4, 0.5) is 32.0 Å². The van der Waals surface area contributed by atoms with Crippen molar-refractivity contribution in [2.24, 2.45) is 17.8 Å². The van der Waals surface area contributed by atoms with Gasteiger partial charge in [-0.3, -0.25) is 9.59 Å². The normalized spacial score (nSPS) is 28.2. The van der Waals surface area contributed by atoms with Crippen LogP contribution >= 0.6 is 0 Å². The van der Waals surface area contributed by atoms with Crippen molar-refractivity contribution in [3.05, 3.63) is 63.6 Å². The molecule has 1 aromatic carbocycles. The molecule has 8 nitrogen and oxygen atoms in total. The second kappa shape index (κ2) is 10.1. The Morgan fingerprint density at radius 1 is 1.07 bits per heavy atom. The van der Waals surface area contributed by atoms with Crippen LogP contribution in [-0.4, -0.2) is 46.9 Å². The maximum atomic E-state index is 13.4. The van der Waals surface area contributed by atoms with Crippen LogP contribution in [-0.2, 0) is 16.5 Å². The summed E-state index contributed by atoms with van der Waals surface area (Å²) >= 11 is 0. The van der Waals surface area contributed by atoms with Gasteiger partial charge in [0.25, 0.3) is 11.5 Å². The lowest BCUT2D eigenvalue weighted by Crippen LogP contribution is -2.62. The van der Waals surface area contributed by atoms with E-state index in [0.717, 1.165) is 44.5 Å². The molecule has 1 aromatic heterocycles. The van der Waals surface area contributed by atoms with E-state index in [2.05, 4.69) is 16.0 Å². The van der Waals surface area contributed by atoms with E-state index in [-0.39, 0.29) is 17.1 Å². The van der Waals surface area contributed by atoms with E-state index in [9.17, 15) is 35.9 Å². The second-order valence-corrected chi connectivity index (χ2v) is 11.3. The largest absolute Gasteiger partial charge is 0.490 e. The Labute approximate surface area is 230 Å². The number of carbonyl (C=O) groups is 2. The number of pyridine rings is 1. The Morgan fingerprint density at radius 3 is 2.20 bits per heavy atom. The quantitative estimate of drug-likeness (QED) is 0.379. The summed E-state index contributed by atoms with van der Waals surface area (Å²) in [5.74, 6) is -1.52. The van der Waals surface area contributed by atoms with Crippen molar-refractivity contribution in [1.82, 2.24) is 15.2 Å². The fraction of sp³-hybridized carbons (Fsp3) is 0.519. The summed E-state index contributed by atoms with van der Waals surface area (Å²) in [5.41, 5.74) is 0.184. The third-order valence-corrected chi connectivity index (χ3v) is 8.53. The molecule has 0 radical (unpaired) electrons. The highest BCUT2D eigenvalue weighted by molar-refractivity contribution is 5.99. The van der Waals surface area contributed by atoms with Gasteiger partial charge in [0.2, 0.25) is 0 Å². The van der Waals surface area contributed by atoms with Crippen LogP contribution in [0.25, 0.3) is 0 Å². The Morgan fingerprint density at radius 2 is 1.68 bits per heavy atom. The van der Waals surface area contributed by atoms with Gasteiger partial charge in [0.05, 0.1) is 22.9 Å². The van der Waals surface area contributed by atoms with E-state index >= 15 is 0 Å². The van der Waals surface area contributed by atoms with Crippen LogP contribution in [0, 0.1) is 17.8 Å². The number of piperidine rings is 1. The monoisotopic (exact) mass is 586 g/mol. The molecule has 5 aliphatic rings. The Balaban J connectivity index is 0.000000431. The van der Waals surface area contributed by atoms with Gasteiger partial charge in [-0.15, -0.1) is 0 Å². The molecule has 0 unspecified atom stereocenters. The lowest BCUT2D eigenvalue weighted by atomic mass is 9.49. The van der Waals surface area contributed by atoms with Crippen molar-refractivity contribution < 1.29 is 41.0 Å². The summed E-state index contributed by atoms with van der Waals surface area (Å²) in [6.45, 7) is 3.49. The van der Waals surface area contributed by atoms with Crippen LogP contribution in [0.1, 0.15) is 53.7 Å². The Bertz CT molecular complexity index is 1390. The first-order valence-electron chi connectivity index (χ1n) is 13.1. The number of carboxylic acid groups (broad SMARTS) is 1. The summed E-state index contributed by atoms with van der Waals surface area (Å²) in [4.78, 5) is 35.3. The number of nitrogens with one attached hydrogen (secondary N) is 3. The predicted octanol–water partition coefficient (Wildman–Crippen LogP) is 4.13. The molecule has 0 spiro atoms. The van der Waals surface area contributed by atoms with E-state index in [1.165, 1.54) is 12.1 Å². The number of carbonyl (C=O) groups excluding carboxylic acids is 1. The molecule has 1 aliphatic heterocycles. The maximum absolute atomic E-state index is 13.4. The fourth-order valence-electron chi connectivity index (χ4n) is 6.09. The smallest absolute Gasteiger partial charge is 0.475 e. The van der Waals surface area contributed by atoms with Crippen LogP contribution in [0.5, 0.6) is 0 Å². The zero-order valence-electron chi connectivity index (χ0n) is 21.8. The molecule has 2 aromatic rings. The van der Waals surface area contributed by atoms with Crippen molar-refractivity contribution >= 4 is 17.6 Å². The average molecular weight is 587 g/mol. The second-order valence-electron chi connectivity index (χ2n) is 11.3. The van der Waals surface area contributed by atoms with Crippen molar-refractivity contribution in [2.45, 2.75) is 56.2 Å². The van der Waals surface area contributed by atoms with Crippen LogP contribution in [0.15, 0.2) is 41.3 Å². The number of amides is 1. The summed E-state index contributed by atoms with van der Waals surface area (Å²) in [7, 11) is 0. The van der Waals surface area contributed by atoms with E-state index in [1.807, 2.05) is 0 Å². The number of rotatable bonds is 6. The van der Waals surface area contributed by atoms with Gasteiger partial charge in [-0.05, 0) is 61.6 Å². The highest BCUT2D eigenvalue weighted by Gasteiger charge is 2.58. The minimum absolute atomic E-state index is 0.118. The molecule has 41 heavy (non-hydrogen) atoms. The number of benzene rings is 1. The summed E-state index contributed by atoms with van der Waals surface area (Å²) in [5, 5.41) is 16.7. The SMILES string of the molecule is C[C@@H](NC(=O)c1cn(C23CC(C2)C3)c(=O)cc1N[C@@H]1[C@@H]2CNC[C@@H]21)c1cccc(C(F)(F)F)c1.O=C(O)C(F)(F)F. The number of aliphatic carboxylic acids is 1. The van der Waals surface area contributed by atoms with Crippen molar-refractivity contribution in [1.29, 1.82) is 0 Å². The maximum Gasteiger partial charge on any atom is 0.490 e. The minimum atomic E-state index is -5.08. The van der Waals surface area contributed by atoms with Gasteiger partial charge in [-0.2, -0.15) is 26.3 Å². The number of halogens is 6. The van der Waals surface area contributed by atoms with Gasteiger partial charge in [0.1, 0.15) is 0 Å². The Hall–Kier alpha value is -3.55. The zero-order chi connectivity index (χ0) is 29.9. The van der Waals surface area contributed by atoms with Crippen molar-refractivity contribution in [2.75, 3.05) is 18.4 Å². The van der Waals surface area contributed by atoms with E-state index in [4.69, 9.17) is 9.90 Å². The minimum Gasteiger partial charge on any atom is -0.475 e. The molecule has 1 amide bonds. The molecule has 1 saturated heterocycles.